The SMILES string of the molecule is Cc1cc(C(CN)N2CCC(C(C)C)CC2)c(C)s1. The van der Waals surface area contributed by atoms with Gasteiger partial charge in [0, 0.05) is 22.3 Å². The number of piperidine rings is 1. The van der Waals surface area contributed by atoms with Crippen LogP contribution in [0.25, 0.3) is 0 Å². The van der Waals surface area contributed by atoms with E-state index in [4.69, 9.17) is 5.73 Å². The summed E-state index contributed by atoms with van der Waals surface area (Å²) in [6.07, 6.45) is 2.66. The Morgan fingerprint density at radius 3 is 2.37 bits per heavy atom. The van der Waals surface area contributed by atoms with Gasteiger partial charge >= 0.3 is 0 Å². The standard InChI is InChI=1S/C16H28N2S/c1-11(2)14-5-7-18(8-6-14)16(10-17)15-9-12(3)19-13(15)4/h9,11,14,16H,5-8,10,17H2,1-4H3. The second-order valence-electron chi connectivity index (χ2n) is 6.24. The minimum Gasteiger partial charge on any atom is -0.329 e. The summed E-state index contributed by atoms with van der Waals surface area (Å²) in [5, 5.41) is 0. The van der Waals surface area contributed by atoms with Crippen molar-refractivity contribution in [3.05, 3.63) is 21.4 Å². The number of nitrogens with two attached hydrogens (primary N) is 1. The molecule has 1 fully saturated rings. The largest absolute Gasteiger partial charge is 0.329 e. The van der Waals surface area contributed by atoms with Crippen LogP contribution in [0.2, 0.25) is 0 Å². The highest BCUT2D eigenvalue weighted by Gasteiger charge is 2.27. The van der Waals surface area contributed by atoms with Gasteiger partial charge < -0.3 is 5.73 Å². The summed E-state index contributed by atoms with van der Waals surface area (Å²) < 4.78 is 0. The van der Waals surface area contributed by atoms with Crippen LogP contribution < -0.4 is 5.73 Å². The van der Waals surface area contributed by atoms with Gasteiger partial charge in [0.15, 0.2) is 0 Å². The number of likely N-dealkylation sites (tertiary alicyclic amines) is 1. The predicted molar refractivity (Wildman–Crippen MR) is 84.7 cm³/mol. The lowest BCUT2D eigenvalue weighted by Gasteiger charge is -2.38. The number of hydrogen-bond donors (Lipinski definition) is 1. The smallest absolute Gasteiger partial charge is 0.0481 e. The van der Waals surface area contributed by atoms with E-state index < -0.39 is 0 Å². The molecule has 0 amide bonds. The molecule has 1 aliphatic heterocycles. The second kappa shape index (κ2) is 6.38. The molecule has 0 saturated carbocycles. The highest BCUT2D eigenvalue weighted by Crippen LogP contribution is 2.33. The fourth-order valence-electron chi connectivity index (χ4n) is 3.35. The van der Waals surface area contributed by atoms with Gasteiger partial charge in [0.05, 0.1) is 0 Å². The molecule has 108 valence electrons. The van der Waals surface area contributed by atoms with Gasteiger partial charge in [0.1, 0.15) is 0 Å². The summed E-state index contributed by atoms with van der Waals surface area (Å²) in [6, 6.07) is 2.77. The van der Waals surface area contributed by atoms with Crippen molar-refractivity contribution in [1.29, 1.82) is 0 Å². The molecule has 0 spiro atoms. The van der Waals surface area contributed by atoms with Gasteiger partial charge in [-0.3, -0.25) is 4.90 Å². The number of aryl methyl sites for hydroxylation is 2. The van der Waals surface area contributed by atoms with Crippen molar-refractivity contribution in [3.63, 3.8) is 0 Å². The lowest BCUT2D eigenvalue weighted by molar-refractivity contribution is 0.117. The summed E-state index contributed by atoms with van der Waals surface area (Å²) in [4.78, 5) is 5.45. The van der Waals surface area contributed by atoms with Crippen molar-refractivity contribution >= 4 is 11.3 Å². The molecule has 1 aromatic heterocycles. The van der Waals surface area contributed by atoms with E-state index in [0.717, 1.165) is 18.4 Å². The van der Waals surface area contributed by atoms with Gasteiger partial charge in [0.2, 0.25) is 0 Å². The minimum absolute atomic E-state index is 0.429. The highest BCUT2D eigenvalue weighted by atomic mass is 32.1. The van der Waals surface area contributed by atoms with Crippen molar-refractivity contribution in [2.75, 3.05) is 19.6 Å². The van der Waals surface area contributed by atoms with Gasteiger partial charge in [-0.1, -0.05) is 13.8 Å². The third kappa shape index (κ3) is 3.39. The minimum atomic E-state index is 0.429. The topological polar surface area (TPSA) is 29.3 Å². The number of thiophene rings is 1. The van der Waals surface area contributed by atoms with E-state index in [9.17, 15) is 0 Å². The molecular weight excluding hydrogens is 252 g/mol. The van der Waals surface area contributed by atoms with Gasteiger partial charge in [-0.2, -0.15) is 0 Å². The lowest BCUT2D eigenvalue weighted by atomic mass is 9.86. The number of hydrogen-bond acceptors (Lipinski definition) is 3. The molecule has 2 nitrogen and oxygen atoms in total. The normalized spacial score (nSPS) is 20.1. The zero-order chi connectivity index (χ0) is 14.0. The van der Waals surface area contributed by atoms with Gasteiger partial charge in [0.25, 0.3) is 0 Å². The third-order valence-electron chi connectivity index (χ3n) is 4.62. The first-order chi connectivity index (χ1) is 9.02. The number of rotatable bonds is 4. The number of nitrogens with zero attached hydrogens (tertiary/aromatic N) is 1. The van der Waals surface area contributed by atoms with Gasteiger partial charge in [-0.25, -0.2) is 0 Å². The van der Waals surface area contributed by atoms with Crippen LogP contribution in [0.4, 0.5) is 0 Å². The molecule has 2 heterocycles. The Bertz CT molecular complexity index is 403. The first-order valence-electron chi connectivity index (χ1n) is 7.54. The first kappa shape index (κ1) is 15.0. The third-order valence-corrected chi connectivity index (χ3v) is 5.60. The summed E-state index contributed by atoms with van der Waals surface area (Å²) in [5.41, 5.74) is 7.54. The van der Waals surface area contributed by atoms with Crippen LogP contribution in [0.15, 0.2) is 6.07 Å². The summed E-state index contributed by atoms with van der Waals surface area (Å²) in [5.74, 6) is 1.73. The molecule has 0 radical (unpaired) electrons. The molecule has 1 unspecified atom stereocenters. The van der Waals surface area contributed by atoms with Crippen LogP contribution in [0, 0.1) is 25.7 Å². The molecule has 0 bridgehead atoms. The Balaban J connectivity index is 2.06. The van der Waals surface area contributed by atoms with E-state index in [-0.39, 0.29) is 0 Å². The highest BCUT2D eigenvalue weighted by molar-refractivity contribution is 7.12. The molecule has 1 aromatic rings. The first-order valence-corrected chi connectivity index (χ1v) is 8.35. The Kier molecular flexibility index (Phi) is 5.04. The predicted octanol–water partition coefficient (Wildman–Crippen LogP) is 3.73. The molecule has 0 aromatic carbocycles. The average Bonchev–Trinajstić information content (AvgIpc) is 2.70. The second-order valence-corrected chi connectivity index (χ2v) is 7.70. The van der Waals surface area contributed by atoms with Gasteiger partial charge in [-0.15, -0.1) is 11.3 Å². The van der Waals surface area contributed by atoms with E-state index in [2.05, 4.69) is 38.7 Å². The molecule has 3 heteroatoms. The molecular formula is C16H28N2S. The maximum Gasteiger partial charge on any atom is 0.0481 e. The van der Waals surface area contributed by atoms with Crippen LogP contribution in [-0.2, 0) is 0 Å². The van der Waals surface area contributed by atoms with E-state index in [0.29, 0.717) is 6.04 Å². The van der Waals surface area contributed by atoms with Crippen molar-refractivity contribution in [2.24, 2.45) is 17.6 Å². The van der Waals surface area contributed by atoms with Crippen LogP contribution in [0.1, 0.15) is 48.0 Å². The summed E-state index contributed by atoms with van der Waals surface area (Å²) >= 11 is 1.90. The van der Waals surface area contributed by atoms with Crippen LogP contribution in [-0.4, -0.2) is 24.5 Å². The van der Waals surface area contributed by atoms with E-state index in [1.807, 2.05) is 11.3 Å². The van der Waals surface area contributed by atoms with Crippen molar-refractivity contribution in [2.45, 2.75) is 46.6 Å². The Morgan fingerprint density at radius 2 is 1.95 bits per heavy atom. The van der Waals surface area contributed by atoms with Crippen LogP contribution in [0.5, 0.6) is 0 Å². The average molecular weight is 280 g/mol. The summed E-state index contributed by atoms with van der Waals surface area (Å²) in [6.45, 7) is 12.3. The van der Waals surface area contributed by atoms with Crippen LogP contribution >= 0.6 is 11.3 Å². The molecule has 1 atom stereocenters. The van der Waals surface area contributed by atoms with Crippen LogP contribution in [0.3, 0.4) is 0 Å². The Hall–Kier alpha value is -0.380. The molecule has 0 aliphatic carbocycles. The maximum absolute atomic E-state index is 6.07. The molecule has 1 saturated heterocycles. The molecule has 2 rings (SSSR count). The van der Waals surface area contributed by atoms with Crippen molar-refractivity contribution in [1.82, 2.24) is 4.90 Å². The monoisotopic (exact) mass is 280 g/mol. The van der Waals surface area contributed by atoms with Gasteiger partial charge in [-0.05, 0) is 63.2 Å². The molecule has 2 N–H and O–H groups in total. The van der Waals surface area contributed by atoms with E-state index in [1.54, 1.807) is 0 Å². The lowest BCUT2D eigenvalue weighted by Crippen LogP contribution is -2.40. The van der Waals surface area contributed by atoms with E-state index in [1.165, 1.54) is 41.2 Å². The fraction of sp³-hybridized carbons (Fsp3) is 0.750. The maximum atomic E-state index is 6.07. The van der Waals surface area contributed by atoms with Crippen molar-refractivity contribution in [3.8, 4) is 0 Å². The molecule has 1 aliphatic rings. The van der Waals surface area contributed by atoms with Crippen molar-refractivity contribution < 1.29 is 0 Å². The fourth-order valence-corrected chi connectivity index (χ4v) is 4.33. The zero-order valence-electron chi connectivity index (χ0n) is 12.8. The van der Waals surface area contributed by atoms with E-state index >= 15 is 0 Å². The zero-order valence-corrected chi connectivity index (χ0v) is 13.6. The quantitative estimate of drug-likeness (QED) is 0.910. The Labute approximate surface area is 122 Å². The summed E-state index contributed by atoms with van der Waals surface area (Å²) in [7, 11) is 0. The molecule has 19 heavy (non-hydrogen) atoms. The Morgan fingerprint density at radius 1 is 1.32 bits per heavy atom.